The zero-order chi connectivity index (χ0) is 16.8. The van der Waals surface area contributed by atoms with Gasteiger partial charge in [0.1, 0.15) is 0 Å². The van der Waals surface area contributed by atoms with E-state index in [4.69, 9.17) is 0 Å². The number of rotatable bonds is 7. The number of hydrogen-bond donors (Lipinski definition) is 1. The van der Waals surface area contributed by atoms with Crippen molar-refractivity contribution >= 4 is 5.91 Å². The first-order valence-electron chi connectivity index (χ1n) is 8.81. The highest BCUT2D eigenvalue weighted by Gasteiger charge is 2.22. The van der Waals surface area contributed by atoms with Crippen molar-refractivity contribution in [1.82, 2.24) is 20.0 Å². The molecule has 1 aromatic carbocycles. The smallest absolute Gasteiger partial charge is 0.254 e. The summed E-state index contributed by atoms with van der Waals surface area (Å²) < 4.78 is 1.81. The van der Waals surface area contributed by atoms with Crippen LogP contribution in [0.3, 0.4) is 0 Å². The van der Waals surface area contributed by atoms with Crippen molar-refractivity contribution in [2.24, 2.45) is 5.92 Å². The standard InChI is InChI=1S/C19H26N4O/c1-2-9-22-10-8-17(13-22)11-20-19(24)18-12-21-23(15-18)14-16-6-4-3-5-7-16/h3-7,12,15,17H,2,8-11,13-14H2,1H3,(H,20,24)/t17-/m0/s1. The Morgan fingerprint density at radius 2 is 2.17 bits per heavy atom. The van der Waals surface area contributed by atoms with E-state index in [2.05, 4.69) is 34.4 Å². The fourth-order valence-electron chi connectivity index (χ4n) is 3.28. The summed E-state index contributed by atoms with van der Waals surface area (Å²) in [5.74, 6) is 0.545. The molecule has 1 aliphatic heterocycles. The van der Waals surface area contributed by atoms with Gasteiger partial charge in [0, 0.05) is 19.3 Å². The number of amides is 1. The van der Waals surface area contributed by atoms with Gasteiger partial charge in [-0.2, -0.15) is 5.10 Å². The van der Waals surface area contributed by atoms with Crippen molar-refractivity contribution in [2.75, 3.05) is 26.2 Å². The van der Waals surface area contributed by atoms with Crippen LogP contribution < -0.4 is 5.32 Å². The number of likely N-dealkylation sites (tertiary alicyclic amines) is 1. The molecule has 128 valence electrons. The van der Waals surface area contributed by atoms with Crippen LogP contribution in [0, 0.1) is 5.92 Å². The molecule has 2 heterocycles. The zero-order valence-electron chi connectivity index (χ0n) is 14.3. The van der Waals surface area contributed by atoms with Crippen LogP contribution in [0.1, 0.15) is 35.7 Å². The molecule has 2 aromatic rings. The van der Waals surface area contributed by atoms with Crippen molar-refractivity contribution < 1.29 is 4.79 Å². The predicted octanol–water partition coefficient (Wildman–Crippen LogP) is 2.39. The average Bonchev–Trinajstić information content (AvgIpc) is 3.24. The molecule has 1 atom stereocenters. The second-order valence-electron chi connectivity index (χ2n) is 6.58. The van der Waals surface area contributed by atoms with Crippen molar-refractivity contribution in [3.63, 3.8) is 0 Å². The first-order valence-corrected chi connectivity index (χ1v) is 8.81. The largest absolute Gasteiger partial charge is 0.352 e. The molecule has 1 aromatic heterocycles. The summed E-state index contributed by atoms with van der Waals surface area (Å²) in [6.07, 6.45) is 5.84. The molecule has 0 radical (unpaired) electrons. The van der Waals surface area contributed by atoms with Crippen LogP contribution in [0.5, 0.6) is 0 Å². The molecule has 1 N–H and O–H groups in total. The lowest BCUT2D eigenvalue weighted by Gasteiger charge is -2.14. The minimum atomic E-state index is -0.0248. The third-order valence-electron chi connectivity index (χ3n) is 4.54. The summed E-state index contributed by atoms with van der Waals surface area (Å²) in [5, 5.41) is 7.36. The van der Waals surface area contributed by atoms with E-state index >= 15 is 0 Å². The van der Waals surface area contributed by atoms with Crippen LogP contribution in [-0.4, -0.2) is 46.8 Å². The molecule has 0 spiro atoms. The Balaban J connectivity index is 1.47. The predicted molar refractivity (Wildman–Crippen MR) is 94.9 cm³/mol. The van der Waals surface area contributed by atoms with Gasteiger partial charge in [-0.3, -0.25) is 9.48 Å². The molecule has 1 amide bonds. The van der Waals surface area contributed by atoms with Crippen LogP contribution in [0.4, 0.5) is 0 Å². The normalized spacial score (nSPS) is 18.0. The second-order valence-corrected chi connectivity index (χ2v) is 6.58. The second kappa shape index (κ2) is 8.11. The number of benzene rings is 1. The maximum atomic E-state index is 12.3. The molecule has 0 aliphatic carbocycles. The Morgan fingerprint density at radius 1 is 1.33 bits per heavy atom. The molecule has 3 rings (SSSR count). The fourth-order valence-corrected chi connectivity index (χ4v) is 3.28. The first-order chi connectivity index (χ1) is 11.7. The van der Waals surface area contributed by atoms with E-state index in [0.717, 1.165) is 26.2 Å². The van der Waals surface area contributed by atoms with E-state index in [0.29, 0.717) is 18.0 Å². The van der Waals surface area contributed by atoms with Gasteiger partial charge < -0.3 is 10.2 Å². The third-order valence-corrected chi connectivity index (χ3v) is 4.54. The lowest BCUT2D eigenvalue weighted by atomic mass is 10.1. The van der Waals surface area contributed by atoms with Gasteiger partial charge in [0.15, 0.2) is 0 Å². The molecule has 5 nitrogen and oxygen atoms in total. The van der Waals surface area contributed by atoms with Crippen molar-refractivity contribution in [3.05, 3.63) is 53.9 Å². The molecule has 24 heavy (non-hydrogen) atoms. The molecular weight excluding hydrogens is 300 g/mol. The molecular formula is C19H26N4O. The highest BCUT2D eigenvalue weighted by molar-refractivity contribution is 5.93. The summed E-state index contributed by atoms with van der Waals surface area (Å²) in [7, 11) is 0. The third kappa shape index (κ3) is 4.45. The van der Waals surface area contributed by atoms with Gasteiger partial charge in [0.25, 0.3) is 5.91 Å². The SMILES string of the molecule is CCCN1CC[C@@H](CNC(=O)c2cnn(Cc3ccccc3)c2)C1. The quantitative estimate of drug-likeness (QED) is 0.850. The molecule has 0 bridgehead atoms. The maximum absolute atomic E-state index is 12.3. The summed E-state index contributed by atoms with van der Waals surface area (Å²) >= 11 is 0. The Bertz CT molecular complexity index is 652. The monoisotopic (exact) mass is 326 g/mol. The van der Waals surface area contributed by atoms with Gasteiger partial charge in [-0.25, -0.2) is 0 Å². The van der Waals surface area contributed by atoms with Gasteiger partial charge in [-0.05, 0) is 37.4 Å². The number of carbonyl (C=O) groups is 1. The van der Waals surface area contributed by atoms with Crippen LogP contribution in [0.15, 0.2) is 42.7 Å². The van der Waals surface area contributed by atoms with Gasteiger partial charge in [0.2, 0.25) is 0 Å². The fraction of sp³-hybridized carbons (Fsp3) is 0.474. The van der Waals surface area contributed by atoms with Crippen molar-refractivity contribution in [3.8, 4) is 0 Å². The molecule has 1 fully saturated rings. The average molecular weight is 326 g/mol. The lowest BCUT2D eigenvalue weighted by molar-refractivity contribution is 0.0947. The minimum absolute atomic E-state index is 0.0248. The summed E-state index contributed by atoms with van der Waals surface area (Å²) in [6.45, 7) is 7.06. The minimum Gasteiger partial charge on any atom is -0.352 e. The number of nitrogens with one attached hydrogen (secondary N) is 1. The first kappa shape index (κ1) is 16.7. The van der Waals surface area contributed by atoms with E-state index in [1.54, 1.807) is 6.20 Å². The Morgan fingerprint density at radius 3 is 2.96 bits per heavy atom. The van der Waals surface area contributed by atoms with Crippen molar-refractivity contribution in [1.29, 1.82) is 0 Å². The summed E-state index contributed by atoms with van der Waals surface area (Å²) in [6, 6.07) is 10.1. The lowest BCUT2D eigenvalue weighted by Crippen LogP contribution is -2.31. The van der Waals surface area contributed by atoms with Gasteiger partial charge >= 0.3 is 0 Å². The Hall–Kier alpha value is -2.14. The molecule has 0 unspecified atom stereocenters. The molecule has 0 saturated carbocycles. The van der Waals surface area contributed by atoms with Gasteiger partial charge in [-0.15, -0.1) is 0 Å². The summed E-state index contributed by atoms with van der Waals surface area (Å²) in [4.78, 5) is 14.8. The number of nitrogens with zero attached hydrogens (tertiary/aromatic N) is 3. The Kier molecular flexibility index (Phi) is 5.64. The topological polar surface area (TPSA) is 50.2 Å². The van der Waals surface area contributed by atoms with Crippen LogP contribution in [-0.2, 0) is 6.54 Å². The van der Waals surface area contributed by atoms with E-state index in [9.17, 15) is 4.79 Å². The molecule has 1 aliphatic rings. The van der Waals surface area contributed by atoms with Crippen LogP contribution in [0.25, 0.3) is 0 Å². The van der Waals surface area contributed by atoms with Gasteiger partial charge in [0.05, 0.1) is 18.3 Å². The van der Waals surface area contributed by atoms with Crippen LogP contribution in [0.2, 0.25) is 0 Å². The number of hydrogen-bond acceptors (Lipinski definition) is 3. The van der Waals surface area contributed by atoms with E-state index in [1.165, 1.54) is 18.4 Å². The highest BCUT2D eigenvalue weighted by Crippen LogP contribution is 2.15. The van der Waals surface area contributed by atoms with E-state index in [1.807, 2.05) is 29.1 Å². The molecule has 1 saturated heterocycles. The van der Waals surface area contributed by atoms with E-state index < -0.39 is 0 Å². The van der Waals surface area contributed by atoms with Gasteiger partial charge in [-0.1, -0.05) is 37.3 Å². The zero-order valence-corrected chi connectivity index (χ0v) is 14.3. The number of aromatic nitrogens is 2. The summed E-state index contributed by atoms with van der Waals surface area (Å²) in [5.41, 5.74) is 1.81. The van der Waals surface area contributed by atoms with Crippen molar-refractivity contribution in [2.45, 2.75) is 26.3 Å². The number of carbonyl (C=O) groups excluding carboxylic acids is 1. The van der Waals surface area contributed by atoms with Crippen LogP contribution >= 0.6 is 0 Å². The maximum Gasteiger partial charge on any atom is 0.254 e. The van der Waals surface area contributed by atoms with E-state index in [-0.39, 0.29) is 5.91 Å². The Labute approximate surface area is 143 Å². The highest BCUT2D eigenvalue weighted by atomic mass is 16.1. The molecule has 5 heteroatoms.